The van der Waals surface area contributed by atoms with E-state index in [-0.39, 0.29) is 6.10 Å². The van der Waals surface area contributed by atoms with Crippen LogP contribution in [0.1, 0.15) is 32.1 Å². The van der Waals surface area contributed by atoms with E-state index in [2.05, 4.69) is 0 Å². The number of carbonyl (C=O) groups excluding carboxylic acids is 1. The highest BCUT2D eigenvalue weighted by molar-refractivity contribution is 5.79. The largest absolute Gasteiger partial charge is 0.377 e. The molecule has 0 bridgehead atoms. The van der Waals surface area contributed by atoms with Crippen molar-refractivity contribution in [1.29, 1.82) is 0 Å². The maximum atomic E-state index is 11.0. The first-order chi connectivity index (χ1) is 5.34. The van der Waals surface area contributed by atoms with Crippen LogP contribution in [0, 0.1) is 5.92 Å². The molecule has 0 aromatic heterocycles. The third-order valence-corrected chi connectivity index (χ3v) is 2.48. The summed E-state index contributed by atoms with van der Waals surface area (Å²) in [6, 6.07) is 0. The van der Waals surface area contributed by atoms with E-state index in [0.717, 1.165) is 12.3 Å². The van der Waals surface area contributed by atoms with Gasteiger partial charge in [0.15, 0.2) is 0 Å². The average molecular weight is 154 g/mol. The Morgan fingerprint density at radius 1 is 1.45 bits per heavy atom. The fourth-order valence-corrected chi connectivity index (χ4v) is 1.63. The van der Waals surface area contributed by atoms with Crippen LogP contribution in [0.4, 0.5) is 0 Å². The lowest BCUT2D eigenvalue weighted by Gasteiger charge is -2.21. The normalized spacial score (nSPS) is 32.4. The Morgan fingerprint density at radius 2 is 2.27 bits per heavy atom. The molecule has 1 aliphatic carbocycles. The SMILES string of the molecule is O=C1CCOC(CC2CC2)C1. The van der Waals surface area contributed by atoms with Crippen molar-refractivity contribution in [1.82, 2.24) is 0 Å². The van der Waals surface area contributed by atoms with Crippen LogP contribution in [-0.4, -0.2) is 18.5 Å². The molecule has 1 heterocycles. The minimum absolute atomic E-state index is 0.267. The molecule has 0 spiro atoms. The van der Waals surface area contributed by atoms with Crippen LogP contribution in [0.15, 0.2) is 0 Å². The molecule has 0 aromatic carbocycles. The van der Waals surface area contributed by atoms with Gasteiger partial charge in [0.2, 0.25) is 0 Å². The smallest absolute Gasteiger partial charge is 0.137 e. The highest BCUT2D eigenvalue weighted by Crippen LogP contribution is 2.35. The van der Waals surface area contributed by atoms with Crippen molar-refractivity contribution in [2.24, 2.45) is 5.92 Å². The maximum Gasteiger partial charge on any atom is 0.137 e. The number of carbonyl (C=O) groups is 1. The summed E-state index contributed by atoms with van der Waals surface area (Å²) in [5.41, 5.74) is 0. The van der Waals surface area contributed by atoms with Gasteiger partial charge < -0.3 is 4.74 Å². The molecule has 2 aliphatic rings. The van der Waals surface area contributed by atoms with E-state index in [1.807, 2.05) is 0 Å². The quantitative estimate of drug-likeness (QED) is 0.603. The van der Waals surface area contributed by atoms with Crippen molar-refractivity contribution in [2.75, 3.05) is 6.61 Å². The van der Waals surface area contributed by atoms with Crippen molar-refractivity contribution in [3.05, 3.63) is 0 Å². The number of hydrogen-bond donors (Lipinski definition) is 0. The first kappa shape index (κ1) is 7.29. The third kappa shape index (κ3) is 2.03. The Labute approximate surface area is 66.9 Å². The van der Waals surface area contributed by atoms with E-state index in [9.17, 15) is 4.79 Å². The van der Waals surface area contributed by atoms with Crippen molar-refractivity contribution < 1.29 is 9.53 Å². The second-order valence-electron chi connectivity index (χ2n) is 3.66. The van der Waals surface area contributed by atoms with Crippen LogP contribution < -0.4 is 0 Å². The molecule has 0 N–H and O–H groups in total. The first-order valence-corrected chi connectivity index (χ1v) is 4.48. The van der Waals surface area contributed by atoms with Crippen molar-refractivity contribution in [3.63, 3.8) is 0 Å². The zero-order valence-electron chi connectivity index (χ0n) is 6.71. The molecule has 2 nitrogen and oxygen atoms in total. The lowest BCUT2D eigenvalue weighted by Crippen LogP contribution is -2.25. The molecule has 11 heavy (non-hydrogen) atoms. The lowest BCUT2D eigenvalue weighted by molar-refractivity contribution is -0.128. The Bertz CT molecular complexity index is 161. The molecule has 2 fully saturated rings. The van der Waals surface area contributed by atoms with Gasteiger partial charge in [0.1, 0.15) is 5.78 Å². The summed E-state index contributed by atoms with van der Waals surface area (Å²) >= 11 is 0. The average Bonchev–Trinajstić information content (AvgIpc) is 2.71. The van der Waals surface area contributed by atoms with E-state index in [0.29, 0.717) is 25.2 Å². The second kappa shape index (κ2) is 2.94. The Hall–Kier alpha value is -0.370. The van der Waals surface area contributed by atoms with Crippen LogP contribution in [0.25, 0.3) is 0 Å². The van der Waals surface area contributed by atoms with Crippen LogP contribution in [0.2, 0.25) is 0 Å². The fraction of sp³-hybridized carbons (Fsp3) is 0.889. The van der Waals surface area contributed by atoms with Gasteiger partial charge in [0.05, 0.1) is 12.7 Å². The third-order valence-electron chi connectivity index (χ3n) is 2.48. The van der Waals surface area contributed by atoms with E-state index in [1.165, 1.54) is 12.8 Å². The summed E-state index contributed by atoms with van der Waals surface area (Å²) in [5, 5.41) is 0. The fourth-order valence-electron chi connectivity index (χ4n) is 1.63. The molecule has 1 saturated carbocycles. The van der Waals surface area contributed by atoms with Crippen LogP contribution in [0.5, 0.6) is 0 Å². The zero-order chi connectivity index (χ0) is 7.68. The van der Waals surface area contributed by atoms with Crippen LogP contribution in [0.3, 0.4) is 0 Å². The van der Waals surface area contributed by atoms with Crippen molar-refractivity contribution >= 4 is 5.78 Å². The Balaban J connectivity index is 1.77. The van der Waals surface area contributed by atoms with Gasteiger partial charge in [0.25, 0.3) is 0 Å². The summed E-state index contributed by atoms with van der Waals surface area (Å²) in [6.45, 7) is 0.663. The summed E-state index contributed by atoms with van der Waals surface area (Å²) in [7, 11) is 0. The van der Waals surface area contributed by atoms with Gasteiger partial charge in [-0.05, 0) is 12.3 Å². The van der Waals surface area contributed by atoms with Crippen molar-refractivity contribution in [3.8, 4) is 0 Å². The minimum atomic E-state index is 0.267. The van der Waals surface area contributed by atoms with Crippen LogP contribution >= 0.6 is 0 Å². The molecular formula is C9H14O2. The number of hydrogen-bond acceptors (Lipinski definition) is 2. The first-order valence-electron chi connectivity index (χ1n) is 4.48. The van der Waals surface area contributed by atoms with Crippen molar-refractivity contribution in [2.45, 2.75) is 38.2 Å². The molecule has 1 atom stereocenters. The highest BCUT2D eigenvalue weighted by atomic mass is 16.5. The molecule has 0 radical (unpaired) electrons. The highest BCUT2D eigenvalue weighted by Gasteiger charge is 2.28. The van der Waals surface area contributed by atoms with Gasteiger partial charge >= 0.3 is 0 Å². The van der Waals surface area contributed by atoms with Gasteiger partial charge in [0, 0.05) is 12.8 Å². The number of ketones is 1. The number of ether oxygens (including phenoxy) is 1. The van der Waals surface area contributed by atoms with Gasteiger partial charge in [-0.15, -0.1) is 0 Å². The molecule has 2 rings (SSSR count). The summed E-state index contributed by atoms with van der Waals surface area (Å²) in [4.78, 5) is 11.0. The Morgan fingerprint density at radius 3 is 2.91 bits per heavy atom. The summed E-state index contributed by atoms with van der Waals surface area (Å²) in [6.07, 6.45) is 5.43. The van der Waals surface area contributed by atoms with E-state index in [1.54, 1.807) is 0 Å². The monoisotopic (exact) mass is 154 g/mol. The minimum Gasteiger partial charge on any atom is -0.377 e. The molecule has 2 heteroatoms. The number of Topliss-reactive ketones (excluding diaryl/α,β-unsaturated/α-hetero) is 1. The molecule has 1 unspecified atom stereocenters. The second-order valence-corrected chi connectivity index (χ2v) is 3.66. The van der Waals surface area contributed by atoms with Gasteiger partial charge in [-0.1, -0.05) is 12.8 Å². The number of rotatable bonds is 2. The lowest BCUT2D eigenvalue weighted by atomic mass is 10.0. The van der Waals surface area contributed by atoms with E-state index < -0.39 is 0 Å². The maximum absolute atomic E-state index is 11.0. The zero-order valence-corrected chi connectivity index (χ0v) is 6.71. The molecule has 1 aliphatic heterocycles. The van der Waals surface area contributed by atoms with E-state index >= 15 is 0 Å². The Kier molecular flexibility index (Phi) is 1.95. The summed E-state index contributed by atoms with van der Waals surface area (Å²) in [5.74, 6) is 1.27. The predicted molar refractivity (Wildman–Crippen MR) is 41.3 cm³/mol. The van der Waals surface area contributed by atoms with E-state index in [4.69, 9.17) is 4.74 Å². The predicted octanol–water partition coefficient (Wildman–Crippen LogP) is 1.53. The van der Waals surface area contributed by atoms with Gasteiger partial charge in [-0.2, -0.15) is 0 Å². The van der Waals surface area contributed by atoms with Gasteiger partial charge in [-0.3, -0.25) is 4.79 Å². The molecule has 62 valence electrons. The molecule has 0 aromatic rings. The molecule has 1 saturated heterocycles. The van der Waals surface area contributed by atoms with Crippen LogP contribution in [-0.2, 0) is 9.53 Å². The molecule has 0 amide bonds. The summed E-state index contributed by atoms with van der Waals surface area (Å²) < 4.78 is 5.48. The topological polar surface area (TPSA) is 26.3 Å². The molecular weight excluding hydrogens is 140 g/mol. The van der Waals surface area contributed by atoms with Gasteiger partial charge in [-0.25, -0.2) is 0 Å². The standard InChI is InChI=1S/C9H14O2/c10-8-3-4-11-9(6-8)5-7-1-2-7/h7,9H,1-6H2.